The molecule has 0 saturated heterocycles. The SMILES string of the molecule is Cc1cc(C(F)(F)F)ccc1C1(N)CCCCC1(C)C. The van der Waals surface area contributed by atoms with E-state index in [1.165, 1.54) is 6.07 Å². The first kappa shape index (κ1) is 15.4. The van der Waals surface area contributed by atoms with Crippen LogP contribution in [0.5, 0.6) is 0 Å². The largest absolute Gasteiger partial charge is 0.416 e. The molecule has 1 nitrogen and oxygen atoms in total. The van der Waals surface area contributed by atoms with Gasteiger partial charge in [-0.1, -0.05) is 32.8 Å². The van der Waals surface area contributed by atoms with Crippen molar-refractivity contribution in [2.75, 3.05) is 0 Å². The third-order valence-corrected chi connectivity index (χ3v) is 4.86. The minimum absolute atomic E-state index is 0.101. The number of rotatable bonds is 1. The molecule has 1 aliphatic rings. The predicted octanol–water partition coefficient (Wildman–Crippen LogP) is 4.77. The molecule has 1 aromatic rings. The Balaban J connectivity index is 2.47. The standard InChI is InChI=1S/C16H22F3N/c1-11-10-12(16(17,18)19)6-7-13(11)15(20)9-5-4-8-14(15,2)3/h6-7,10H,4-5,8-9,20H2,1-3H3. The van der Waals surface area contributed by atoms with Crippen LogP contribution in [0, 0.1) is 12.3 Å². The van der Waals surface area contributed by atoms with Crippen molar-refractivity contribution in [1.82, 2.24) is 0 Å². The number of hydrogen-bond acceptors (Lipinski definition) is 1. The molecule has 1 aromatic carbocycles. The van der Waals surface area contributed by atoms with Crippen molar-refractivity contribution in [3.05, 3.63) is 34.9 Å². The van der Waals surface area contributed by atoms with Crippen molar-refractivity contribution in [3.8, 4) is 0 Å². The molecule has 1 atom stereocenters. The zero-order valence-electron chi connectivity index (χ0n) is 12.3. The molecule has 2 N–H and O–H groups in total. The Hall–Kier alpha value is -1.03. The molecule has 1 fully saturated rings. The molecule has 4 heteroatoms. The molecule has 1 unspecified atom stereocenters. The summed E-state index contributed by atoms with van der Waals surface area (Å²) in [6.07, 6.45) is -0.310. The fraction of sp³-hybridized carbons (Fsp3) is 0.625. The van der Waals surface area contributed by atoms with Crippen LogP contribution in [0.1, 0.15) is 56.2 Å². The topological polar surface area (TPSA) is 26.0 Å². The van der Waals surface area contributed by atoms with Gasteiger partial charge in [-0.05, 0) is 48.4 Å². The van der Waals surface area contributed by atoms with Gasteiger partial charge in [-0.2, -0.15) is 13.2 Å². The molecule has 1 saturated carbocycles. The van der Waals surface area contributed by atoms with Crippen molar-refractivity contribution < 1.29 is 13.2 Å². The van der Waals surface area contributed by atoms with Crippen LogP contribution in [0.3, 0.4) is 0 Å². The van der Waals surface area contributed by atoms with E-state index in [9.17, 15) is 13.2 Å². The molecule has 112 valence electrons. The van der Waals surface area contributed by atoms with Gasteiger partial charge < -0.3 is 5.73 Å². The second-order valence-corrected chi connectivity index (χ2v) is 6.59. The summed E-state index contributed by atoms with van der Waals surface area (Å²) in [6.45, 7) is 5.95. The lowest BCUT2D eigenvalue weighted by molar-refractivity contribution is -0.137. The Morgan fingerprint density at radius 1 is 1.10 bits per heavy atom. The van der Waals surface area contributed by atoms with E-state index in [-0.39, 0.29) is 5.41 Å². The van der Waals surface area contributed by atoms with Gasteiger partial charge in [0.1, 0.15) is 0 Å². The van der Waals surface area contributed by atoms with Crippen LogP contribution >= 0.6 is 0 Å². The molecule has 2 rings (SSSR count). The normalized spacial score (nSPS) is 26.6. The van der Waals surface area contributed by atoms with Gasteiger partial charge >= 0.3 is 6.18 Å². The van der Waals surface area contributed by atoms with E-state index in [0.29, 0.717) is 5.56 Å². The van der Waals surface area contributed by atoms with Gasteiger partial charge in [0, 0.05) is 5.54 Å². The lowest BCUT2D eigenvalue weighted by atomic mass is 9.60. The van der Waals surface area contributed by atoms with Crippen molar-refractivity contribution in [2.45, 2.75) is 58.2 Å². The van der Waals surface area contributed by atoms with Crippen LogP contribution in [-0.2, 0) is 11.7 Å². The number of aryl methyl sites for hydroxylation is 1. The molecule has 0 bridgehead atoms. The Morgan fingerprint density at radius 2 is 1.70 bits per heavy atom. The predicted molar refractivity (Wildman–Crippen MR) is 74.3 cm³/mol. The summed E-state index contributed by atoms with van der Waals surface area (Å²) >= 11 is 0. The van der Waals surface area contributed by atoms with Gasteiger partial charge in [-0.15, -0.1) is 0 Å². The fourth-order valence-electron chi connectivity index (χ4n) is 3.37. The van der Waals surface area contributed by atoms with E-state index in [1.54, 1.807) is 13.0 Å². The summed E-state index contributed by atoms with van der Waals surface area (Å²) < 4.78 is 38.3. The number of nitrogens with two attached hydrogens (primary N) is 1. The van der Waals surface area contributed by atoms with E-state index in [0.717, 1.165) is 37.3 Å². The van der Waals surface area contributed by atoms with Crippen molar-refractivity contribution in [3.63, 3.8) is 0 Å². The third kappa shape index (κ3) is 2.46. The molecule has 0 aliphatic heterocycles. The van der Waals surface area contributed by atoms with Crippen LogP contribution < -0.4 is 5.73 Å². The Bertz CT molecular complexity index is 505. The highest BCUT2D eigenvalue weighted by atomic mass is 19.4. The smallest absolute Gasteiger partial charge is 0.321 e. The van der Waals surface area contributed by atoms with E-state index >= 15 is 0 Å². The first-order chi connectivity index (χ1) is 9.08. The van der Waals surface area contributed by atoms with E-state index in [1.807, 2.05) is 0 Å². The zero-order chi connectivity index (χ0) is 15.2. The summed E-state index contributed by atoms with van der Waals surface area (Å²) in [5, 5.41) is 0. The number of alkyl halides is 3. The summed E-state index contributed by atoms with van der Waals surface area (Å²) in [5.41, 5.74) is 6.89. The van der Waals surface area contributed by atoms with Gasteiger partial charge in [0.25, 0.3) is 0 Å². The van der Waals surface area contributed by atoms with Gasteiger partial charge in [0.05, 0.1) is 5.56 Å². The Morgan fingerprint density at radius 3 is 2.20 bits per heavy atom. The lowest BCUT2D eigenvalue weighted by Gasteiger charge is -2.49. The maximum atomic E-state index is 12.8. The quantitative estimate of drug-likeness (QED) is 0.790. The minimum Gasteiger partial charge on any atom is -0.321 e. The minimum atomic E-state index is -4.30. The Kier molecular flexibility index (Phi) is 3.66. The molecule has 0 aromatic heterocycles. The van der Waals surface area contributed by atoms with Gasteiger partial charge in [0.2, 0.25) is 0 Å². The van der Waals surface area contributed by atoms with Gasteiger partial charge in [-0.25, -0.2) is 0 Å². The molecular weight excluding hydrogens is 263 g/mol. The molecule has 1 aliphatic carbocycles. The highest BCUT2D eigenvalue weighted by Gasteiger charge is 2.45. The number of hydrogen-bond donors (Lipinski definition) is 1. The second-order valence-electron chi connectivity index (χ2n) is 6.59. The lowest BCUT2D eigenvalue weighted by Crippen LogP contribution is -2.52. The Labute approximate surface area is 118 Å². The first-order valence-electron chi connectivity index (χ1n) is 7.05. The van der Waals surface area contributed by atoms with Crippen molar-refractivity contribution >= 4 is 0 Å². The van der Waals surface area contributed by atoms with Crippen LogP contribution in [0.15, 0.2) is 18.2 Å². The molecule has 0 spiro atoms. The first-order valence-corrected chi connectivity index (χ1v) is 7.05. The average Bonchev–Trinajstić information content (AvgIpc) is 2.31. The summed E-state index contributed by atoms with van der Waals surface area (Å²) in [6, 6.07) is 3.95. The van der Waals surface area contributed by atoms with E-state index in [2.05, 4.69) is 13.8 Å². The average molecular weight is 285 g/mol. The third-order valence-electron chi connectivity index (χ3n) is 4.86. The van der Waals surface area contributed by atoms with Crippen LogP contribution in [0.4, 0.5) is 13.2 Å². The number of benzene rings is 1. The molecule has 0 radical (unpaired) electrons. The summed E-state index contributed by atoms with van der Waals surface area (Å²) in [4.78, 5) is 0. The maximum absolute atomic E-state index is 12.8. The highest BCUT2D eigenvalue weighted by molar-refractivity contribution is 5.39. The van der Waals surface area contributed by atoms with Crippen LogP contribution in [0.25, 0.3) is 0 Å². The summed E-state index contributed by atoms with van der Waals surface area (Å²) in [5.74, 6) is 0. The molecule has 0 heterocycles. The van der Waals surface area contributed by atoms with Gasteiger partial charge in [-0.3, -0.25) is 0 Å². The maximum Gasteiger partial charge on any atom is 0.416 e. The molecule has 20 heavy (non-hydrogen) atoms. The summed E-state index contributed by atoms with van der Waals surface area (Å²) in [7, 11) is 0. The molecular formula is C16H22F3N. The van der Waals surface area contributed by atoms with E-state index in [4.69, 9.17) is 5.73 Å². The second kappa shape index (κ2) is 4.76. The van der Waals surface area contributed by atoms with Crippen LogP contribution in [0.2, 0.25) is 0 Å². The zero-order valence-corrected chi connectivity index (χ0v) is 12.3. The van der Waals surface area contributed by atoms with Gasteiger partial charge in [0.15, 0.2) is 0 Å². The monoisotopic (exact) mass is 285 g/mol. The van der Waals surface area contributed by atoms with Crippen molar-refractivity contribution in [2.24, 2.45) is 11.1 Å². The van der Waals surface area contributed by atoms with Crippen molar-refractivity contribution in [1.29, 1.82) is 0 Å². The molecule has 0 amide bonds. The van der Waals surface area contributed by atoms with Crippen LogP contribution in [-0.4, -0.2) is 0 Å². The highest BCUT2D eigenvalue weighted by Crippen LogP contribution is 2.49. The van der Waals surface area contributed by atoms with E-state index < -0.39 is 17.3 Å². The number of halogens is 3. The fourth-order valence-corrected chi connectivity index (χ4v) is 3.37.